The molecule has 1 aliphatic heterocycles. The molecule has 0 radical (unpaired) electrons. The van der Waals surface area contributed by atoms with E-state index in [4.69, 9.17) is 0 Å². The Hall–Kier alpha value is -1.84. The van der Waals surface area contributed by atoms with E-state index < -0.39 is 0 Å². The Morgan fingerprint density at radius 2 is 1.82 bits per heavy atom. The van der Waals surface area contributed by atoms with Gasteiger partial charge >= 0.3 is 0 Å². The highest BCUT2D eigenvalue weighted by molar-refractivity contribution is 5.97. The van der Waals surface area contributed by atoms with Crippen molar-refractivity contribution >= 4 is 17.5 Å². The lowest BCUT2D eigenvalue weighted by Gasteiger charge is -2.31. The van der Waals surface area contributed by atoms with Crippen LogP contribution in [0.15, 0.2) is 24.3 Å². The van der Waals surface area contributed by atoms with Gasteiger partial charge in [-0.2, -0.15) is 0 Å². The van der Waals surface area contributed by atoms with E-state index in [2.05, 4.69) is 19.2 Å². The van der Waals surface area contributed by atoms with E-state index in [0.717, 1.165) is 5.69 Å². The Morgan fingerprint density at radius 1 is 1.23 bits per heavy atom. The first-order valence-electron chi connectivity index (χ1n) is 7.90. The first kappa shape index (κ1) is 16.5. The minimum Gasteiger partial charge on any atom is -0.337 e. The van der Waals surface area contributed by atoms with Gasteiger partial charge in [-0.1, -0.05) is 26.0 Å². The predicted molar refractivity (Wildman–Crippen MR) is 88.7 cm³/mol. The maximum absolute atomic E-state index is 12.4. The number of hydrogen-bond acceptors (Lipinski definition) is 2. The fourth-order valence-corrected chi connectivity index (χ4v) is 2.73. The second-order valence-electron chi connectivity index (χ2n) is 7.34. The summed E-state index contributed by atoms with van der Waals surface area (Å²) in [4.78, 5) is 26.2. The molecular formula is C18H26N2O2. The Kier molecular flexibility index (Phi) is 4.59. The van der Waals surface area contributed by atoms with Gasteiger partial charge in [-0.05, 0) is 44.4 Å². The average Bonchev–Trinajstić information content (AvgIpc) is 2.81. The zero-order valence-corrected chi connectivity index (χ0v) is 14.1. The van der Waals surface area contributed by atoms with Gasteiger partial charge in [-0.25, -0.2) is 0 Å². The van der Waals surface area contributed by atoms with E-state index in [9.17, 15) is 9.59 Å². The molecule has 2 rings (SSSR count). The van der Waals surface area contributed by atoms with E-state index in [0.29, 0.717) is 18.9 Å². The van der Waals surface area contributed by atoms with Gasteiger partial charge in [0, 0.05) is 24.2 Å². The number of nitrogens with one attached hydrogen (secondary N) is 1. The van der Waals surface area contributed by atoms with Gasteiger partial charge in [-0.3, -0.25) is 9.59 Å². The smallest absolute Gasteiger partial charge is 0.229 e. The standard InChI is InChI=1S/C18H26N2O2/c1-12(2)13-6-8-15(9-7-13)19-17(22)14-10-16(21)20(11-14)18(3,4)5/h6-9,12,14H,10-11H2,1-5H3,(H,19,22)/t14-/m0/s1. The summed E-state index contributed by atoms with van der Waals surface area (Å²) in [6, 6.07) is 7.90. The van der Waals surface area contributed by atoms with Crippen LogP contribution in [0.2, 0.25) is 0 Å². The lowest BCUT2D eigenvalue weighted by atomic mass is 10.0. The summed E-state index contributed by atoms with van der Waals surface area (Å²) >= 11 is 0. The molecule has 0 spiro atoms. The molecule has 1 saturated heterocycles. The van der Waals surface area contributed by atoms with Crippen LogP contribution in [0, 0.1) is 5.92 Å². The van der Waals surface area contributed by atoms with E-state index in [1.54, 1.807) is 4.90 Å². The fraction of sp³-hybridized carbons (Fsp3) is 0.556. The second-order valence-corrected chi connectivity index (χ2v) is 7.34. The zero-order valence-electron chi connectivity index (χ0n) is 14.1. The van der Waals surface area contributed by atoms with Crippen molar-refractivity contribution in [3.05, 3.63) is 29.8 Å². The minimum atomic E-state index is -0.267. The summed E-state index contributed by atoms with van der Waals surface area (Å²) in [6.45, 7) is 10.8. The van der Waals surface area contributed by atoms with Gasteiger partial charge in [0.1, 0.15) is 0 Å². The maximum Gasteiger partial charge on any atom is 0.229 e. The molecule has 1 heterocycles. The molecule has 1 aromatic rings. The predicted octanol–water partition coefficient (Wildman–Crippen LogP) is 3.40. The number of hydrogen-bond donors (Lipinski definition) is 1. The van der Waals surface area contributed by atoms with Crippen LogP contribution in [-0.4, -0.2) is 28.8 Å². The van der Waals surface area contributed by atoms with Gasteiger partial charge < -0.3 is 10.2 Å². The Labute approximate surface area is 132 Å². The van der Waals surface area contributed by atoms with Gasteiger partial charge in [0.05, 0.1) is 5.92 Å². The highest BCUT2D eigenvalue weighted by atomic mass is 16.2. The van der Waals surface area contributed by atoms with Crippen molar-refractivity contribution in [1.29, 1.82) is 0 Å². The monoisotopic (exact) mass is 302 g/mol. The van der Waals surface area contributed by atoms with Gasteiger partial charge in [0.2, 0.25) is 11.8 Å². The zero-order chi connectivity index (χ0) is 16.5. The van der Waals surface area contributed by atoms with Crippen molar-refractivity contribution in [3.8, 4) is 0 Å². The largest absolute Gasteiger partial charge is 0.337 e. The number of carbonyl (C=O) groups is 2. The van der Waals surface area contributed by atoms with Crippen LogP contribution in [0.25, 0.3) is 0 Å². The molecule has 0 aliphatic carbocycles. The summed E-state index contributed by atoms with van der Waals surface area (Å²) in [6.07, 6.45) is 0.299. The molecule has 1 aliphatic rings. The number of carbonyl (C=O) groups excluding carboxylic acids is 2. The van der Waals surface area contributed by atoms with Crippen molar-refractivity contribution in [3.63, 3.8) is 0 Å². The highest BCUT2D eigenvalue weighted by Gasteiger charge is 2.39. The van der Waals surface area contributed by atoms with Crippen molar-refractivity contribution in [2.24, 2.45) is 5.92 Å². The number of likely N-dealkylation sites (tertiary alicyclic amines) is 1. The third-order valence-corrected chi connectivity index (χ3v) is 4.15. The van der Waals surface area contributed by atoms with Crippen LogP contribution in [0.5, 0.6) is 0 Å². The molecule has 1 N–H and O–H groups in total. The molecule has 1 fully saturated rings. The summed E-state index contributed by atoms with van der Waals surface area (Å²) in [5.41, 5.74) is 1.80. The Bertz CT molecular complexity index is 555. The summed E-state index contributed by atoms with van der Waals surface area (Å²) in [5.74, 6) is 0.189. The summed E-state index contributed by atoms with van der Waals surface area (Å²) in [5, 5.41) is 2.92. The van der Waals surface area contributed by atoms with Crippen molar-refractivity contribution in [2.45, 2.75) is 52.5 Å². The lowest BCUT2D eigenvalue weighted by Crippen LogP contribution is -2.42. The lowest BCUT2D eigenvalue weighted by molar-refractivity contribution is -0.131. The normalized spacial score (nSPS) is 18.9. The summed E-state index contributed by atoms with van der Waals surface area (Å²) in [7, 11) is 0. The number of benzene rings is 1. The maximum atomic E-state index is 12.4. The molecule has 0 bridgehead atoms. The van der Waals surface area contributed by atoms with Crippen molar-refractivity contribution in [1.82, 2.24) is 4.90 Å². The molecule has 1 atom stereocenters. The third-order valence-electron chi connectivity index (χ3n) is 4.15. The molecule has 1 aromatic carbocycles. The van der Waals surface area contributed by atoms with Crippen molar-refractivity contribution < 1.29 is 9.59 Å². The summed E-state index contributed by atoms with van der Waals surface area (Å²) < 4.78 is 0. The second kappa shape index (κ2) is 6.11. The molecule has 4 nitrogen and oxygen atoms in total. The number of rotatable bonds is 3. The Balaban J connectivity index is 2.00. The van der Waals surface area contributed by atoms with Gasteiger partial charge in [0.25, 0.3) is 0 Å². The van der Waals surface area contributed by atoms with Gasteiger partial charge in [0.15, 0.2) is 0 Å². The van der Waals surface area contributed by atoms with Crippen LogP contribution in [0.4, 0.5) is 5.69 Å². The van der Waals surface area contributed by atoms with E-state index in [1.807, 2.05) is 45.0 Å². The average molecular weight is 302 g/mol. The SMILES string of the molecule is CC(C)c1ccc(NC(=O)[C@H]2CC(=O)N(C(C)(C)C)C2)cc1. The molecule has 0 aromatic heterocycles. The Morgan fingerprint density at radius 3 is 2.27 bits per heavy atom. The molecule has 0 unspecified atom stereocenters. The van der Waals surface area contributed by atoms with Crippen molar-refractivity contribution in [2.75, 3.05) is 11.9 Å². The van der Waals surface area contributed by atoms with Crippen LogP contribution in [-0.2, 0) is 9.59 Å². The molecule has 4 heteroatoms. The molecule has 120 valence electrons. The minimum absolute atomic E-state index is 0.0582. The van der Waals surface area contributed by atoms with Crippen LogP contribution < -0.4 is 5.32 Å². The molecule has 2 amide bonds. The first-order valence-corrected chi connectivity index (χ1v) is 7.90. The topological polar surface area (TPSA) is 49.4 Å². The van der Waals surface area contributed by atoms with E-state index in [-0.39, 0.29) is 23.3 Å². The third kappa shape index (κ3) is 3.67. The number of anilines is 1. The fourth-order valence-electron chi connectivity index (χ4n) is 2.73. The van der Waals surface area contributed by atoms with Crippen LogP contribution in [0.3, 0.4) is 0 Å². The number of nitrogens with zero attached hydrogens (tertiary/aromatic N) is 1. The van der Waals surface area contributed by atoms with E-state index >= 15 is 0 Å². The highest BCUT2D eigenvalue weighted by Crippen LogP contribution is 2.27. The quantitative estimate of drug-likeness (QED) is 0.930. The first-order chi connectivity index (χ1) is 10.2. The van der Waals surface area contributed by atoms with Crippen LogP contribution >= 0.6 is 0 Å². The number of amides is 2. The molecular weight excluding hydrogens is 276 g/mol. The van der Waals surface area contributed by atoms with E-state index in [1.165, 1.54) is 5.56 Å². The molecule has 0 saturated carbocycles. The molecule has 22 heavy (non-hydrogen) atoms. The van der Waals surface area contributed by atoms with Gasteiger partial charge in [-0.15, -0.1) is 0 Å². The van der Waals surface area contributed by atoms with Crippen LogP contribution in [0.1, 0.15) is 52.5 Å².